The number of aromatic nitrogens is 4. The fourth-order valence-electron chi connectivity index (χ4n) is 3.97. The van der Waals surface area contributed by atoms with Crippen molar-refractivity contribution in [2.75, 3.05) is 13.1 Å². The van der Waals surface area contributed by atoms with E-state index < -0.39 is 0 Å². The molecule has 2 atom stereocenters. The van der Waals surface area contributed by atoms with Crippen LogP contribution in [-0.2, 0) is 18.4 Å². The zero-order chi connectivity index (χ0) is 18.1. The molecule has 1 aliphatic heterocycles. The van der Waals surface area contributed by atoms with E-state index in [0.717, 1.165) is 30.3 Å². The molecule has 1 fully saturated rings. The Bertz CT molecular complexity index is 914. The highest BCUT2D eigenvalue weighted by Crippen LogP contribution is 2.36. The average Bonchev–Trinajstić information content (AvgIpc) is 3.33. The number of amides is 1. The van der Waals surface area contributed by atoms with Gasteiger partial charge in [0.1, 0.15) is 11.5 Å². The molecule has 0 aromatic carbocycles. The maximum absolute atomic E-state index is 12.5. The van der Waals surface area contributed by atoms with Crippen molar-refractivity contribution in [3.63, 3.8) is 0 Å². The standard InChI is InChI=1S/C19H24N6O/c1-3-24-17(26)11-14(18(24)19-22-7-9-23(19)2)12-20-13-15-5-4-6-16-21-8-10-25(15)16/h4-10,14,18,20H,3,11-13H2,1-2H3/t14-,18+/m0/s1. The van der Waals surface area contributed by atoms with Gasteiger partial charge in [-0.15, -0.1) is 0 Å². The molecule has 0 aliphatic carbocycles. The predicted octanol–water partition coefficient (Wildman–Crippen LogP) is 1.77. The Morgan fingerprint density at radius 1 is 1.23 bits per heavy atom. The third-order valence-corrected chi connectivity index (χ3v) is 5.23. The van der Waals surface area contributed by atoms with Crippen LogP contribution < -0.4 is 5.32 Å². The van der Waals surface area contributed by atoms with Crippen molar-refractivity contribution in [2.24, 2.45) is 13.0 Å². The molecule has 7 heteroatoms. The summed E-state index contributed by atoms with van der Waals surface area (Å²) >= 11 is 0. The summed E-state index contributed by atoms with van der Waals surface area (Å²) in [7, 11) is 1.99. The molecule has 0 bridgehead atoms. The topological polar surface area (TPSA) is 67.5 Å². The summed E-state index contributed by atoms with van der Waals surface area (Å²) in [6.07, 6.45) is 8.09. The van der Waals surface area contributed by atoms with Crippen LogP contribution in [-0.4, -0.2) is 42.8 Å². The Balaban J connectivity index is 1.49. The number of nitrogens with one attached hydrogen (secondary N) is 1. The van der Waals surface area contributed by atoms with Gasteiger partial charge in [-0.05, 0) is 19.1 Å². The van der Waals surface area contributed by atoms with Crippen molar-refractivity contribution in [2.45, 2.75) is 25.9 Å². The summed E-state index contributed by atoms with van der Waals surface area (Å²) in [5.74, 6) is 1.38. The first-order valence-corrected chi connectivity index (χ1v) is 9.07. The van der Waals surface area contributed by atoms with Crippen LogP contribution in [0.4, 0.5) is 0 Å². The lowest BCUT2D eigenvalue weighted by Gasteiger charge is -2.27. The fourth-order valence-corrected chi connectivity index (χ4v) is 3.97. The van der Waals surface area contributed by atoms with Crippen LogP contribution in [0, 0.1) is 5.92 Å². The number of hydrogen-bond donors (Lipinski definition) is 1. The SMILES string of the molecule is CCN1C(=O)C[C@@H](CNCc2cccc3nccn23)[C@@H]1c1nccn1C. The number of carbonyl (C=O) groups is 1. The van der Waals surface area contributed by atoms with Gasteiger partial charge in [0.15, 0.2) is 0 Å². The van der Waals surface area contributed by atoms with Crippen LogP contribution in [0.5, 0.6) is 0 Å². The van der Waals surface area contributed by atoms with E-state index in [1.54, 1.807) is 6.20 Å². The summed E-state index contributed by atoms with van der Waals surface area (Å²) in [4.78, 5) is 23.2. The van der Waals surface area contributed by atoms with Gasteiger partial charge in [-0.2, -0.15) is 0 Å². The Morgan fingerprint density at radius 3 is 2.85 bits per heavy atom. The van der Waals surface area contributed by atoms with Crippen LogP contribution in [0.15, 0.2) is 43.0 Å². The fraction of sp³-hybridized carbons (Fsp3) is 0.421. The lowest BCUT2D eigenvalue weighted by Crippen LogP contribution is -2.33. The van der Waals surface area contributed by atoms with E-state index in [1.165, 1.54) is 0 Å². The van der Waals surface area contributed by atoms with Crippen LogP contribution >= 0.6 is 0 Å². The van der Waals surface area contributed by atoms with Gasteiger partial charge in [-0.1, -0.05) is 6.07 Å². The zero-order valence-electron chi connectivity index (χ0n) is 15.2. The van der Waals surface area contributed by atoms with Crippen LogP contribution in [0.2, 0.25) is 0 Å². The maximum Gasteiger partial charge on any atom is 0.223 e. The Morgan fingerprint density at radius 2 is 2.08 bits per heavy atom. The highest BCUT2D eigenvalue weighted by Gasteiger charge is 2.41. The highest BCUT2D eigenvalue weighted by atomic mass is 16.2. The molecule has 7 nitrogen and oxygen atoms in total. The van der Waals surface area contributed by atoms with Gasteiger partial charge in [0, 0.05) is 69.5 Å². The molecule has 0 radical (unpaired) electrons. The van der Waals surface area contributed by atoms with Gasteiger partial charge in [0.25, 0.3) is 0 Å². The largest absolute Gasteiger partial charge is 0.336 e. The second kappa shape index (κ2) is 6.92. The molecule has 1 aliphatic rings. The molecule has 1 amide bonds. The summed E-state index contributed by atoms with van der Waals surface area (Å²) in [6.45, 7) is 4.24. The number of carbonyl (C=O) groups excluding carboxylic acids is 1. The molecule has 1 N–H and O–H groups in total. The lowest BCUT2D eigenvalue weighted by molar-refractivity contribution is -0.128. The molecule has 136 valence electrons. The second-order valence-electron chi connectivity index (χ2n) is 6.79. The van der Waals surface area contributed by atoms with Crippen molar-refractivity contribution in [1.29, 1.82) is 0 Å². The molecule has 4 rings (SSSR count). The van der Waals surface area contributed by atoms with E-state index in [0.29, 0.717) is 13.0 Å². The van der Waals surface area contributed by atoms with Crippen molar-refractivity contribution >= 4 is 11.6 Å². The van der Waals surface area contributed by atoms with Crippen molar-refractivity contribution < 1.29 is 4.79 Å². The first-order valence-electron chi connectivity index (χ1n) is 9.07. The Kier molecular flexibility index (Phi) is 4.46. The summed E-state index contributed by atoms with van der Waals surface area (Å²) < 4.78 is 4.10. The Hall–Kier alpha value is -2.67. The molecule has 4 heterocycles. The quantitative estimate of drug-likeness (QED) is 0.734. The van der Waals surface area contributed by atoms with Crippen LogP contribution in [0.3, 0.4) is 0 Å². The number of rotatable bonds is 6. The number of likely N-dealkylation sites (tertiary alicyclic amines) is 1. The number of nitrogens with zero attached hydrogens (tertiary/aromatic N) is 5. The first kappa shape index (κ1) is 16.8. The monoisotopic (exact) mass is 352 g/mol. The molecule has 1 saturated heterocycles. The summed E-state index contributed by atoms with van der Waals surface area (Å²) in [5.41, 5.74) is 2.11. The van der Waals surface area contributed by atoms with Crippen LogP contribution in [0.25, 0.3) is 5.65 Å². The minimum atomic E-state index is 0.0315. The number of pyridine rings is 1. The van der Waals surface area contributed by atoms with E-state index in [4.69, 9.17) is 0 Å². The maximum atomic E-state index is 12.5. The van der Waals surface area contributed by atoms with Crippen molar-refractivity contribution in [3.05, 3.63) is 54.5 Å². The van der Waals surface area contributed by atoms with Crippen molar-refractivity contribution in [3.8, 4) is 0 Å². The van der Waals surface area contributed by atoms with Gasteiger partial charge in [-0.25, -0.2) is 9.97 Å². The average molecular weight is 352 g/mol. The minimum Gasteiger partial charge on any atom is -0.336 e. The van der Waals surface area contributed by atoms with Gasteiger partial charge >= 0.3 is 0 Å². The minimum absolute atomic E-state index is 0.0315. The molecule has 3 aromatic heterocycles. The van der Waals surface area contributed by atoms with Gasteiger partial charge in [0.2, 0.25) is 5.91 Å². The molecule has 3 aromatic rings. The molecule has 0 unspecified atom stereocenters. The molecule has 26 heavy (non-hydrogen) atoms. The third-order valence-electron chi connectivity index (χ3n) is 5.23. The van der Waals surface area contributed by atoms with E-state index in [9.17, 15) is 4.79 Å². The molecule has 0 saturated carbocycles. The summed E-state index contributed by atoms with van der Waals surface area (Å²) in [6, 6.07) is 6.14. The van der Waals surface area contributed by atoms with Gasteiger partial charge in [0.05, 0.1) is 6.04 Å². The Labute approximate surface area is 152 Å². The van der Waals surface area contributed by atoms with Gasteiger partial charge in [-0.3, -0.25) is 4.79 Å². The number of hydrogen-bond acceptors (Lipinski definition) is 4. The van der Waals surface area contributed by atoms with E-state index in [-0.39, 0.29) is 17.9 Å². The van der Waals surface area contributed by atoms with Crippen LogP contribution in [0.1, 0.15) is 30.9 Å². The predicted molar refractivity (Wildman–Crippen MR) is 98.3 cm³/mol. The highest BCUT2D eigenvalue weighted by molar-refractivity contribution is 5.79. The molecule has 0 spiro atoms. The smallest absolute Gasteiger partial charge is 0.223 e. The number of fused-ring (bicyclic) bond motifs is 1. The second-order valence-corrected chi connectivity index (χ2v) is 6.79. The first-order chi connectivity index (χ1) is 12.7. The van der Waals surface area contributed by atoms with E-state index >= 15 is 0 Å². The van der Waals surface area contributed by atoms with E-state index in [1.807, 2.05) is 54.2 Å². The van der Waals surface area contributed by atoms with Crippen molar-refractivity contribution in [1.82, 2.24) is 29.2 Å². The third kappa shape index (κ3) is 2.88. The summed E-state index contributed by atoms with van der Waals surface area (Å²) in [5, 5.41) is 3.54. The lowest BCUT2D eigenvalue weighted by atomic mass is 9.99. The van der Waals surface area contributed by atoms with Gasteiger partial charge < -0.3 is 19.2 Å². The number of aryl methyl sites for hydroxylation is 1. The number of imidazole rings is 2. The zero-order valence-corrected chi connectivity index (χ0v) is 15.2. The molecular weight excluding hydrogens is 328 g/mol. The molecular formula is C19H24N6O. The van der Waals surface area contributed by atoms with E-state index in [2.05, 4.69) is 25.8 Å². The normalized spacial score (nSPS) is 20.4.